The topological polar surface area (TPSA) is 3.24 Å². The van der Waals surface area contributed by atoms with Crippen molar-refractivity contribution in [1.82, 2.24) is 4.90 Å². The average Bonchev–Trinajstić information content (AvgIpc) is 2.48. The second-order valence-corrected chi connectivity index (χ2v) is 7.81. The zero-order valence-corrected chi connectivity index (χ0v) is 14.2. The van der Waals surface area contributed by atoms with Crippen molar-refractivity contribution in [2.75, 3.05) is 14.1 Å². The Morgan fingerprint density at radius 1 is 0.750 bits per heavy atom. The number of nitrogens with zero attached hydrogens (tertiary/aromatic N) is 1. The third-order valence-electron chi connectivity index (χ3n) is 6.25. The Hall–Kier alpha value is -0.0400. The maximum atomic E-state index is 2.45. The molecule has 0 heterocycles. The summed E-state index contributed by atoms with van der Waals surface area (Å²) in [5, 5.41) is 0. The number of unbranched alkanes of at least 4 members (excludes halogenated alkanes) is 2. The summed E-state index contributed by atoms with van der Waals surface area (Å²) in [7, 11) is 4.51. The number of hydrogen-bond acceptors (Lipinski definition) is 1. The van der Waals surface area contributed by atoms with Crippen LogP contribution in [-0.2, 0) is 0 Å². The molecule has 0 spiro atoms. The molecule has 0 radical (unpaired) electrons. The van der Waals surface area contributed by atoms with Crippen LogP contribution in [0.2, 0.25) is 0 Å². The van der Waals surface area contributed by atoms with Gasteiger partial charge in [-0.25, -0.2) is 0 Å². The molecule has 1 heteroatoms. The molecule has 0 aromatic carbocycles. The van der Waals surface area contributed by atoms with Crippen molar-refractivity contribution in [3.05, 3.63) is 0 Å². The van der Waals surface area contributed by atoms with Crippen LogP contribution in [0.15, 0.2) is 0 Å². The molecule has 0 aromatic rings. The van der Waals surface area contributed by atoms with E-state index in [0.717, 1.165) is 23.8 Å². The van der Waals surface area contributed by atoms with Gasteiger partial charge < -0.3 is 4.90 Å². The lowest BCUT2D eigenvalue weighted by Crippen LogP contribution is -2.34. The monoisotopic (exact) mass is 279 g/mol. The maximum absolute atomic E-state index is 2.45. The van der Waals surface area contributed by atoms with Gasteiger partial charge in [-0.2, -0.15) is 0 Å². The van der Waals surface area contributed by atoms with E-state index in [0.29, 0.717) is 0 Å². The third-order valence-corrected chi connectivity index (χ3v) is 6.25. The van der Waals surface area contributed by atoms with Crippen molar-refractivity contribution in [3.8, 4) is 0 Å². The van der Waals surface area contributed by atoms with Crippen molar-refractivity contribution < 1.29 is 0 Å². The Morgan fingerprint density at radius 3 is 1.80 bits per heavy atom. The fraction of sp³-hybridized carbons (Fsp3) is 1.00. The Balaban J connectivity index is 1.64. The van der Waals surface area contributed by atoms with Gasteiger partial charge in [0.15, 0.2) is 0 Å². The van der Waals surface area contributed by atoms with E-state index in [9.17, 15) is 0 Å². The Bertz CT molecular complexity index is 244. The molecule has 2 rings (SSSR count). The van der Waals surface area contributed by atoms with Crippen LogP contribution in [0.4, 0.5) is 0 Å². The first-order valence-corrected chi connectivity index (χ1v) is 9.37. The highest BCUT2D eigenvalue weighted by atomic mass is 15.1. The predicted octanol–water partition coefficient (Wildman–Crippen LogP) is 5.49. The van der Waals surface area contributed by atoms with E-state index in [1.807, 2.05) is 0 Å². The molecule has 0 unspecified atom stereocenters. The van der Waals surface area contributed by atoms with E-state index in [-0.39, 0.29) is 0 Å². The lowest BCUT2D eigenvalue weighted by atomic mass is 9.69. The van der Waals surface area contributed by atoms with E-state index in [2.05, 4.69) is 25.9 Å². The van der Waals surface area contributed by atoms with Gasteiger partial charge in [-0.3, -0.25) is 0 Å². The van der Waals surface area contributed by atoms with Crippen LogP contribution < -0.4 is 0 Å². The third kappa shape index (κ3) is 4.76. The second kappa shape index (κ2) is 8.41. The Labute approximate surface area is 127 Å². The van der Waals surface area contributed by atoms with Gasteiger partial charge in [0.25, 0.3) is 0 Å². The summed E-state index contributed by atoms with van der Waals surface area (Å²) in [6, 6.07) is 0.872. The van der Waals surface area contributed by atoms with Gasteiger partial charge in [0.05, 0.1) is 0 Å². The lowest BCUT2D eigenvalue weighted by Gasteiger charge is -2.39. The highest BCUT2D eigenvalue weighted by molar-refractivity contribution is 4.84. The molecule has 0 saturated heterocycles. The van der Waals surface area contributed by atoms with Crippen LogP contribution in [0.25, 0.3) is 0 Å². The van der Waals surface area contributed by atoms with E-state index in [4.69, 9.17) is 0 Å². The lowest BCUT2D eigenvalue weighted by molar-refractivity contribution is 0.123. The number of rotatable bonds is 6. The van der Waals surface area contributed by atoms with Crippen LogP contribution in [0.3, 0.4) is 0 Å². The molecule has 2 aliphatic rings. The van der Waals surface area contributed by atoms with Crippen molar-refractivity contribution in [2.45, 2.75) is 90.0 Å². The van der Waals surface area contributed by atoms with Gasteiger partial charge >= 0.3 is 0 Å². The number of hydrogen-bond donors (Lipinski definition) is 0. The van der Waals surface area contributed by atoms with Crippen LogP contribution in [0, 0.1) is 17.8 Å². The van der Waals surface area contributed by atoms with Crippen molar-refractivity contribution in [1.29, 1.82) is 0 Å². The Morgan fingerprint density at radius 2 is 1.30 bits per heavy atom. The second-order valence-electron chi connectivity index (χ2n) is 7.81. The smallest absolute Gasteiger partial charge is 0.00893 e. The summed E-state index contributed by atoms with van der Waals surface area (Å²) in [6.07, 6.45) is 17.9. The SMILES string of the molecule is CCCCCC1CCC(C2CCC(N(C)C)CC2)CC1. The molecule has 20 heavy (non-hydrogen) atoms. The van der Waals surface area contributed by atoms with Gasteiger partial charge in [0.2, 0.25) is 0 Å². The first kappa shape index (κ1) is 16.3. The molecule has 118 valence electrons. The van der Waals surface area contributed by atoms with Crippen LogP contribution >= 0.6 is 0 Å². The normalized spacial score (nSPS) is 35.4. The molecular formula is C19H37N. The zero-order valence-electron chi connectivity index (χ0n) is 14.2. The van der Waals surface area contributed by atoms with Crippen LogP contribution in [-0.4, -0.2) is 25.0 Å². The molecule has 0 aliphatic heterocycles. The molecule has 2 aliphatic carbocycles. The van der Waals surface area contributed by atoms with E-state index < -0.39 is 0 Å². The quantitative estimate of drug-likeness (QED) is 0.581. The summed E-state index contributed by atoms with van der Waals surface area (Å²) >= 11 is 0. The fourth-order valence-electron chi connectivity index (χ4n) is 4.72. The predicted molar refractivity (Wildman–Crippen MR) is 89.0 cm³/mol. The van der Waals surface area contributed by atoms with Crippen LogP contribution in [0.1, 0.15) is 84.0 Å². The molecule has 2 fully saturated rings. The minimum absolute atomic E-state index is 0.872. The Kier molecular flexibility index (Phi) is 6.87. The fourth-order valence-corrected chi connectivity index (χ4v) is 4.72. The molecule has 0 aromatic heterocycles. The molecule has 0 amide bonds. The first-order chi connectivity index (χ1) is 9.70. The van der Waals surface area contributed by atoms with Gasteiger partial charge in [0, 0.05) is 6.04 Å². The van der Waals surface area contributed by atoms with Gasteiger partial charge in [-0.05, 0) is 70.4 Å². The maximum Gasteiger partial charge on any atom is 0.00893 e. The van der Waals surface area contributed by atoms with E-state index >= 15 is 0 Å². The first-order valence-electron chi connectivity index (χ1n) is 9.37. The zero-order chi connectivity index (χ0) is 14.4. The molecular weight excluding hydrogens is 242 g/mol. The molecule has 2 saturated carbocycles. The minimum atomic E-state index is 0.872. The summed E-state index contributed by atoms with van der Waals surface area (Å²) in [4.78, 5) is 2.45. The van der Waals surface area contributed by atoms with Gasteiger partial charge in [-0.15, -0.1) is 0 Å². The summed E-state index contributed by atoms with van der Waals surface area (Å²) in [5.74, 6) is 3.24. The largest absolute Gasteiger partial charge is 0.306 e. The standard InChI is InChI=1S/C19H37N/c1-4-5-6-7-16-8-10-17(11-9-16)18-12-14-19(15-13-18)20(2)3/h16-19H,4-15H2,1-3H3. The van der Waals surface area contributed by atoms with E-state index in [1.165, 1.54) is 51.4 Å². The highest BCUT2D eigenvalue weighted by Crippen LogP contribution is 2.41. The molecule has 1 nitrogen and oxygen atoms in total. The molecule has 0 bridgehead atoms. The minimum Gasteiger partial charge on any atom is -0.306 e. The van der Waals surface area contributed by atoms with Gasteiger partial charge in [0.1, 0.15) is 0 Å². The average molecular weight is 280 g/mol. The summed E-state index contributed by atoms with van der Waals surface area (Å²) in [5.41, 5.74) is 0. The van der Waals surface area contributed by atoms with Crippen LogP contribution in [0.5, 0.6) is 0 Å². The van der Waals surface area contributed by atoms with E-state index in [1.54, 1.807) is 25.7 Å². The van der Waals surface area contributed by atoms with Crippen molar-refractivity contribution in [3.63, 3.8) is 0 Å². The highest BCUT2D eigenvalue weighted by Gasteiger charge is 2.31. The van der Waals surface area contributed by atoms with Crippen molar-refractivity contribution >= 4 is 0 Å². The van der Waals surface area contributed by atoms with Crippen molar-refractivity contribution in [2.24, 2.45) is 17.8 Å². The summed E-state index contributed by atoms with van der Waals surface area (Å²) in [6.45, 7) is 2.32. The molecule has 0 N–H and O–H groups in total. The summed E-state index contributed by atoms with van der Waals surface area (Å²) < 4.78 is 0. The van der Waals surface area contributed by atoms with Gasteiger partial charge in [-0.1, -0.05) is 45.4 Å². The molecule has 0 atom stereocenters.